The van der Waals surface area contributed by atoms with Gasteiger partial charge in [0.25, 0.3) is 0 Å². The van der Waals surface area contributed by atoms with E-state index in [0.29, 0.717) is 49.8 Å². The summed E-state index contributed by atoms with van der Waals surface area (Å²) in [4.78, 5) is 2.73. The van der Waals surface area contributed by atoms with E-state index in [9.17, 15) is 20.4 Å². The van der Waals surface area contributed by atoms with Gasteiger partial charge in [-0.1, -0.05) is 47.6 Å². The standard InChI is InChI=1S/C30H35N3O8/c1-19-14-23(39-18-21-6-3-2-4-7-21)16-25(40-30-29(37)28(36)27(35)26(17-34)41-30)24(19)15-20-8-10-22(11-9-20)38-13-5-12-32-33-31/h2-4,6-11,14,16,26-30,34-37H,5,12-13,15,17-18H2,1H3/t26-,27-,28+,29-,30-/m1/s1. The van der Waals surface area contributed by atoms with Crippen LogP contribution in [-0.4, -0.2) is 70.9 Å². The maximum Gasteiger partial charge on any atom is 0.229 e. The lowest BCUT2D eigenvalue weighted by molar-refractivity contribution is -0.277. The first-order valence-electron chi connectivity index (χ1n) is 13.4. The van der Waals surface area contributed by atoms with Crippen molar-refractivity contribution in [2.24, 2.45) is 5.11 Å². The smallest absolute Gasteiger partial charge is 0.229 e. The molecule has 0 bridgehead atoms. The zero-order chi connectivity index (χ0) is 29.2. The molecular formula is C30H35N3O8. The Hall–Kier alpha value is -3.83. The molecule has 1 heterocycles. The SMILES string of the molecule is Cc1cc(OCc2ccccc2)cc(O[C@@H]2O[C@H](CO)[C@@H](O)[C@H](O)[C@H]2O)c1Cc1ccc(OCCCN=[N+]=[N-])cc1. The van der Waals surface area contributed by atoms with Crippen LogP contribution in [0.1, 0.15) is 28.7 Å². The molecule has 0 unspecified atom stereocenters. The normalized spacial score (nSPS) is 22.0. The maximum absolute atomic E-state index is 10.6. The fourth-order valence-electron chi connectivity index (χ4n) is 4.48. The second-order valence-electron chi connectivity index (χ2n) is 9.78. The van der Waals surface area contributed by atoms with Crippen LogP contribution in [-0.2, 0) is 17.8 Å². The lowest BCUT2D eigenvalue weighted by Crippen LogP contribution is -2.60. The van der Waals surface area contributed by atoms with Gasteiger partial charge >= 0.3 is 0 Å². The van der Waals surface area contributed by atoms with Crippen LogP contribution in [0.5, 0.6) is 17.2 Å². The van der Waals surface area contributed by atoms with Gasteiger partial charge in [0.1, 0.15) is 48.3 Å². The molecule has 0 radical (unpaired) electrons. The van der Waals surface area contributed by atoms with Crippen molar-refractivity contribution in [3.8, 4) is 17.2 Å². The van der Waals surface area contributed by atoms with Crippen LogP contribution < -0.4 is 14.2 Å². The summed E-state index contributed by atoms with van der Waals surface area (Å²) in [7, 11) is 0. The highest BCUT2D eigenvalue weighted by molar-refractivity contribution is 5.49. The average Bonchev–Trinajstić information content (AvgIpc) is 2.99. The molecule has 4 rings (SSSR count). The van der Waals surface area contributed by atoms with Crippen molar-refractivity contribution in [3.05, 3.63) is 99.4 Å². The van der Waals surface area contributed by atoms with Crippen LogP contribution in [0.25, 0.3) is 10.4 Å². The number of benzene rings is 3. The summed E-state index contributed by atoms with van der Waals surface area (Å²) in [6.07, 6.45) is -5.96. The number of aryl methyl sites for hydroxylation is 1. The van der Waals surface area contributed by atoms with Crippen molar-refractivity contribution >= 4 is 0 Å². The molecule has 0 spiro atoms. The average molecular weight is 566 g/mol. The molecule has 0 amide bonds. The molecule has 0 aromatic heterocycles. The van der Waals surface area contributed by atoms with E-state index in [2.05, 4.69) is 10.0 Å². The van der Waals surface area contributed by atoms with Crippen LogP contribution in [0.2, 0.25) is 0 Å². The Morgan fingerprint density at radius 3 is 2.37 bits per heavy atom. The van der Waals surface area contributed by atoms with Gasteiger partial charge in [-0.15, -0.1) is 0 Å². The minimum absolute atomic E-state index is 0.337. The molecule has 5 atom stereocenters. The molecule has 218 valence electrons. The summed E-state index contributed by atoms with van der Waals surface area (Å²) in [5.41, 5.74) is 12.0. The van der Waals surface area contributed by atoms with Crippen LogP contribution in [0.4, 0.5) is 0 Å². The van der Waals surface area contributed by atoms with Gasteiger partial charge in [-0.2, -0.15) is 0 Å². The van der Waals surface area contributed by atoms with Crippen LogP contribution >= 0.6 is 0 Å². The number of ether oxygens (including phenoxy) is 4. The summed E-state index contributed by atoms with van der Waals surface area (Å²) >= 11 is 0. The summed E-state index contributed by atoms with van der Waals surface area (Å²) in [5, 5.41) is 44.1. The molecule has 1 fully saturated rings. The Balaban J connectivity index is 1.55. The highest BCUT2D eigenvalue weighted by Gasteiger charge is 2.45. The minimum Gasteiger partial charge on any atom is -0.494 e. The molecule has 41 heavy (non-hydrogen) atoms. The lowest BCUT2D eigenvalue weighted by Gasteiger charge is -2.39. The zero-order valence-electron chi connectivity index (χ0n) is 22.7. The van der Waals surface area contributed by atoms with Crippen LogP contribution in [0, 0.1) is 6.92 Å². The third-order valence-electron chi connectivity index (χ3n) is 6.78. The number of hydrogen-bond acceptors (Lipinski definition) is 9. The first-order chi connectivity index (χ1) is 19.9. The fourth-order valence-corrected chi connectivity index (χ4v) is 4.48. The highest BCUT2D eigenvalue weighted by atomic mass is 16.7. The van der Waals surface area contributed by atoms with Crippen molar-refractivity contribution in [2.45, 2.75) is 57.1 Å². The first-order valence-corrected chi connectivity index (χ1v) is 13.4. The molecule has 1 saturated heterocycles. The summed E-state index contributed by atoms with van der Waals surface area (Å²) < 4.78 is 23.5. The van der Waals surface area contributed by atoms with Gasteiger partial charge < -0.3 is 39.4 Å². The number of rotatable bonds is 13. The monoisotopic (exact) mass is 565 g/mol. The largest absolute Gasteiger partial charge is 0.494 e. The maximum atomic E-state index is 10.6. The van der Waals surface area contributed by atoms with E-state index in [1.165, 1.54) is 0 Å². The minimum atomic E-state index is -1.56. The third kappa shape index (κ3) is 8.11. The number of aliphatic hydroxyl groups excluding tert-OH is 4. The van der Waals surface area contributed by atoms with Gasteiger partial charge in [-0.3, -0.25) is 0 Å². The molecule has 3 aromatic rings. The summed E-state index contributed by atoms with van der Waals surface area (Å²) in [5.74, 6) is 1.60. The Bertz CT molecular complexity index is 1300. The molecular weight excluding hydrogens is 530 g/mol. The van der Waals surface area contributed by atoms with Gasteiger partial charge in [0.2, 0.25) is 6.29 Å². The number of hydrogen-bond donors (Lipinski definition) is 4. The predicted molar refractivity (Wildman–Crippen MR) is 150 cm³/mol. The third-order valence-corrected chi connectivity index (χ3v) is 6.78. The second-order valence-corrected chi connectivity index (χ2v) is 9.78. The topological polar surface area (TPSA) is 167 Å². The van der Waals surface area contributed by atoms with E-state index in [1.807, 2.05) is 67.6 Å². The van der Waals surface area contributed by atoms with Crippen molar-refractivity contribution in [1.29, 1.82) is 0 Å². The quantitative estimate of drug-likeness (QED) is 0.106. The van der Waals surface area contributed by atoms with Crippen molar-refractivity contribution < 1.29 is 39.4 Å². The summed E-state index contributed by atoms with van der Waals surface area (Å²) in [6, 6.07) is 20.9. The first kappa shape index (κ1) is 30.1. The molecule has 3 aromatic carbocycles. The number of aliphatic hydroxyl groups is 4. The lowest BCUT2D eigenvalue weighted by atomic mass is 9.98. The summed E-state index contributed by atoms with van der Waals surface area (Å²) in [6.45, 7) is 2.50. The van der Waals surface area contributed by atoms with E-state index in [4.69, 9.17) is 24.5 Å². The Labute approximate surface area is 238 Å². The van der Waals surface area contributed by atoms with Crippen LogP contribution in [0.15, 0.2) is 71.8 Å². The van der Waals surface area contributed by atoms with Crippen LogP contribution in [0.3, 0.4) is 0 Å². The van der Waals surface area contributed by atoms with E-state index in [0.717, 1.165) is 22.3 Å². The molecule has 1 aliphatic rings. The van der Waals surface area contributed by atoms with E-state index >= 15 is 0 Å². The van der Waals surface area contributed by atoms with Gasteiger partial charge in [-0.05, 0) is 53.8 Å². The zero-order valence-corrected chi connectivity index (χ0v) is 22.7. The van der Waals surface area contributed by atoms with E-state index < -0.39 is 37.3 Å². The predicted octanol–water partition coefficient (Wildman–Crippen LogP) is 3.42. The molecule has 0 saturated carbocycles. The van der Waals surface area contributed by atoms with E-state index in [1.54, 1.807) is 6.07 Å². The molecule has 4 N–H and O–H groups in total. The Kier molecular flexibility index (Phi) is 10.8. The Morgan fingerprint density at radius 2 is 1.66 bits per heavy atom. The number of azide groups is 1. The van der Waals surface area contributed by atoms with E-state index in [-0.39, 0.29) is 0 Å². The molecule has 11 nitrogen and oxygen atoms in total. The van der Waals surface area contributed by atoms with Gasteiger partial charge in [-0.25, -0.2) is 0 Å². The van der Waals surface area contributed by atoms with Crippen molar-refractivity contribution in [3.63, 3.8) is 0 Å². The highest BCUT2D eigenvalue weighted by Crippen LogP contribution is 2.34. The van der Waals surface area contributed by atoms with Crippen molar-refractivity contribution in [2.75, 3.05) is 19.8 Å². The molecule has 0 aliphatic carbocycles. The van der Waals surface area contributed by atoms with Gasteiger partial charge in [0.15, 0.2) is 0 Å². The van der Waals surface area contributed by atoms with Crippen molar-refractivity contribution in [1.82, 2.24) is 0 Å². The van der Waals surface area contributed by atoms with Gasteiger partial charge in [0, 0.05) is 29.5 Å². The second kappa shape index (κ2) is 14.7. The van der Waals surface area contributed by atoms with Gasteiger partial charge in [0.05, 0.1) is 13.2 Å². The fraction of sp³-hybridized carbons (Fsp3) is 0.400. The molecule has 1 aliphatic heterocycles. The number of nitrogens with zero attached hydrogens (tertiary/aromatic N) is 3. The molecule has 11 heteroatoms. The Morgan fingerprint density at radius 1 is 0.902 bits per heavy atom.